The van der Waals surface area contributed by atoms with Gasteiger partial charge in [-0.3, -0.25) is 0 Å². The van der Waals surface area contributed by atoms with Gasteiger partial charge in [0.2, 0.25) is 0 Å². The van der Waals surface area contributed by atoms with E-state index in [0.717, 1.165) is 30.7 Å². The quantitative estimate of drug-likeness (QED) is 0.759. The number of fused-ring (bicyclic) bond motifs is 1. The van der Waals surface area contributed by atoms with Crippen molar-refractivity contribution < 1.29 is 14.6 Å². The second kappa shape index (κ2) is 8.87. The van der Waals surface area contributed by atoms with E-state index in [-0.39, 0.29) is 6.04 Å². The molecule has 1 aromatic carbocycles. The largest absolute Gasteiger partial charge is 0.497 e. The minimum Gasteiger partial charge on any atom is -0.497 e. The number of benzene rings is 1. The van der Waals surface area contributed by atoms with Crippen molar-refractivity contribution in [2.24, 2.45) is 0 Å². The Morgan fingerprint density at radius 2 is 2.26 bits per heavy atom. The van der Waals surface area contributed by atoms with Crippen LogP contribution in [0, 0.1) is 0 Å². The van der Waals surface area contributed by atoms with Gasteiger partial charge in [-0.1, -0.05) is 24.3 Å². The molecule has 1 unspecified atom stereocenters. The summed E-state index contributed by atoms with van der Waals surface area (Å²) in [7, 11) is 3.37. The zero-order valence-corrected chi connectivity index (χ0v) is 14.2. The Hall–Kier alpha value is -1.62. The molecule has 2 rings (SSSR count). The first-order valence-electron chi connectivity index (χ1n) is 8.08. The maximum atomic E-state index is 9.69. The summed E-state index contributed by atoms with van der Waals surface area (Å²) in [5.41, 5.74) is 3.76. The second-order valence-electron chi connectivity index (χ2n) is 5.87. The number of ether oxygens (including phenoxy) is 2. The van der Waals surface area contributed by atoms with Crippen LogP contribution in [0.15, 0.2) is 42.0 Å². The number of methoxy groups -OCH3 is 2. The minimum absolute atomic E-state index is 0.252. The van der Waals surface area contributed by atoms with E-state index < -0.39 is 6.10 Å². The third-order valence-corrected chi connectivity index (χ3v) is 4.00. The molecule has 1 aliphatic rings. The highest BCUT2D eigenvalue weighted by molar-refractivity contribution is 5.40. The lowest BCUT2D eigenvalue weighted by Crippen LogP contribution is -2.30. The molecule has 2 N–H and O–H groups in total. The van der Waals surface area contributed by atoms with E-state index in [1.807, 2.05) is 24.3 Å². The van der Waals surface area contributed by atoms with E-state index in [0.29, 0.717) is 6.61 Å². The third-order valence-electron chi connectivity index (χ3n) is 4.00. The van der Waals surface area contributed by atoms with Crippen molar-refractivity contribution in [3.05, 3.63) is 53.1 Å². The van der Waals surface area contributed by atoms with Crippen LogP contribution < -0.4 is 10.1 Å². The lowest BCUT2D eigenvalue weighted by molar-refractivity contribution is 0.233. The SMILES string of the molecule is COC/C=C\C(=C/C(C)O)C[C@H]1NCCc2cc(OC)ccc21. The topological polar surface area (TPSA) is 50.7 Å². The van der Waals surface area contributed by atoms with Crippen LogP contribution in [0.25, 0.3) is 0 Å². The van der Waals surface area contributed by atoms with Crippen LogP contribution in [0.5, 0.6) is 5.75 Å². The maximum absolute atomic E-state index is 9.69. The molecule has 4 nitrogen and oxygen atoms in total. The van der Waals surface area contributed by atoms with Crippen molar-refractivity contribution in [2.75, 3.05) is 27.4 Å². The summed E-state index contributed by atoms with van der Waals surface area (Å²) in [6, 6.07) is 6.53. The Balaban J connectivity index is 2.18. The Labute approximate surface area is 138 Å². The van der Waals surface area contributed by atoms with Gasteiger partial charge >= 0.3 is 0 Å². The van der Waals surface area contributed by atoms with Crippen LogP contribution in [-0.4, -0.2) is 38.6 Å². The summed E-state index contributed by atoms with van der Waals surface area (Å²) in [6.45, 7) is 3.30. The Kier molecular flexibility index (Phi) is 6.84. The fraction of sp³-hybridized carbons (Fsp3) is 0.474. The van der Waals surface area contributed by atoms with Gasteiger partial charge in [0.25, 0.3) is 0 Å². The molecule has 4 heteroatoms. The van der Waals surface area contributed by atoms with Gasteiger partial charge in [0.1, 0.15) is 5.75 Å². The van der Waals surface area contributed by atoms with Crippen LogP contribution in [0.4, 0.5) is 0 Å². The summed E-state index contributed by atoms with van der Waals surface area (Å²) < 4.78 is 10.4. The number of hydrogen-bond donors (Lipinski definition) is 2. The van der Waals surface area contributed by atoms with E-state index in [4.69, 9.17) is 9.47 Å². The molecule has 23 heavy (non-hydrogen) atoms. The number of nitrogens with one attached hydrogen (secondary N) is 1. The predicted molar refractivity (Wildman–Crippen MR) is 92.8 cm³/mol. The molecule has 0 radical (unpaired) electrons. The van der Waals surface area contributed by atoms with Gasteiger partial charge in [-0.15, -0.1) is 0 Å². The molecule has 126 valence electrons. The third kappa shape index (κ3) is 5.20. The fourth-order valence-corrected chi connectivity index (χ4v) is 2.97. The molecule has 0 aromatic heterocycles. The standard InChI is InChI=1S/C19H27NO3/c1-14(21)11-15(5-4-10-22-2)12-19-18-7-6-17(23-3)13-16(18)8-9-20-19/h4-7,11,13-14,19-21H,8-10,12H2,1-3H3/b5-4-,15-11+/t14?,19-/m1/s1. The zero-order valence-electron chi connectivity index (χ0n) is 14.2. The lowest BCUT2D eigenvalue weighted by atomic mass is 9.89. The highest BCUT2D eigenvalue weighted by Crippen LogP contribution is 2.31. The molecule has 1 aromatic rings. The van der Waals surface area contributed by atoms with Gasteiger partial charge in [-0.2, -0.15) is 0 Å². The molecule has 0 bridgehead atoms. The van der Waals surface area contributed by atoms with Gasteiger partial charge in [0.05, 0.1) is 19.8 Å². The van der Waals surface area contributed by atoms with Crippen molar-refractivity contribution in [2.45, 2.75) is 31.9 Å². The van der Waals surface area contributed by atoms with Crippen molar-refractivity contribution in [3.8, 4) is 5.75 Å². The van der Waals surface area contributed by atoms with Crippen molar-refractivity contribution in [1.82, 2.24) is 5.32 Å². The predicted octanol–water partition coefficient (Wildman–Crippen LogP) is 2.78. The molecule has 1 heterocycles. The van der Waals surface area contributed by atoms with Gasteiger partial charge in [0, 0.05) is 13.2 Å². The van der Waals surface area contributed by atoms with Gasteiger partial charge in [-0.25, -0.2) is 0 Å². The highest BCUT2D eigenvalue weighted by Gasteiger charge is 2.20. The molecular weight excluding hydrogens is 290 g/mol. The minimum atomic E-state index is -0.462. The fourth-order valence-electron chi connectivity index (χ4n) is 2.97. The molecule has 1 aliphatic heterocycles. The highest BCUT2D eigenvalue weighted by atomic mass is 16.5. The lowest BCUT2D eigenvalue weighted by Gasteiger charge is -2.28. The van der Waals surface area contributed by atoms with E-state index in [9.17, 15) is 5.11 Å². The summed E-state index contributed by atoms with van der Waals surface area (Å²) in [6.07, 6.45) is 7.30. The van der Waals surface area contributed by atoms with Crippen LogP contribution >= 0.6 is 0 Å². The van der Waals surface area contributed by atoms with Crippen LogP contribution in [-0.2, 0) is 11.2 Å². The van der Waals surface area contributed by atoms with Crippen LogP contribution in [0.3, 0.4) is 0 Å². The number of aliphatic hydroxyl groups excluding tert-OH is 1. The molecule has 0 spiro atoms. The number of aliphatic hydroxyl groups is 1. The smallest absolute Gasteiger partial charge is 0.119 e. The van der Waals surface area contributed by atoms with Crippen LogP contribution in [0.1, 0.15) is 30.5 Å². The molecule has 0 amide bonds. The summed E-state index contributed by atoms with van der Waals surface area (Å²) in [4.78, 5) is 0. The monoisotopic (exact) mass is 317 g/mol. The summed E-state index contributed by atoms with van der Waals surface area (Å²) >= 11 is 0. The Morgan fingerprint density at radius 1 is 1.43 bits per heavy atom. The molecule has 0 fully saturated rings. The van der Waals surface area contributed by atoms with Crippen LogP contribution in [0.2, 0.25) is 0 Å². The zero-order chi connectivity index (χ0) is 16.7. The molecule has 0 saturated carbocycles. The Bertz CT molecular complexity index is 564. The van der Waals surface area contributed by atoms with Crippen molar-refractivity contribution in [3.63, 3.8) is 0 Å². The number of rotatable bonds is 7. The van der Waals surface area contributed by atoms with E-state index in [2.05, 4.69) is 17.4 Å². The normalized spacial score (nSPS) is 19.7. The molecule has 2 atom stereocenters. The van der Waals surface area contributed by atoms with Crippen molar-refractivity contribution in [1.29, 1.82) is 0 Å². The number of hydrogen-bond acceptors (Lipinski definition) is 4. The molecule has 0 saturated heterocycles. The second-order valence-corrected chi connectivity index (χ2v) is 5.87. The maximum Gasteiger partial charge on any atom is 0.119 e. The first-order valence-corrected chi connectivity index (χ1v) is 8.08. The van der Waals surface area contributed by atoms with E-state index >= 15 is 0 Å². The summed E-state index contributed by atoms with van der Waals surface area (Å²) in [5, 5.41) is 13.3. The summed E-state index contributed by atoms with van der Waals surface area (Å²) in [5.74, 6) is 0.907. The molecule has 0 aliphatic carbocycles. The number of allylic oxidation sites excluding steroid dienone is 1. The first kappa shape index (κ1) is 17.7. The molecular formula is C19H27NO3. The average molecular weight is 317 g/mol. The first-order chi connectivity index (χ1) is 11.1. The average Bonchev–Trinajstić information content (AvgIpc) is 2.54. The van der Waals surface area contributed by atoms with Gasteiger partial charge in [0.15, 0.2) is 0 Å². The van der Waals surface area contributed by atoms with Gasteiger partial charge in [-0.05, 0) is 55.1 Å². The van der Waals surface area contributed by atoms with Crippen molar-refractivity contribution >= 4 is 0 Å². The van der Waals surface area contributed by atoms with E-state index in [1.165, 1.54) is 11.1 Å². The van der Waals surface area contributed by atoms with E-state index in [1.54, 1.807) is 21.1 Å². The van der Waals surface area contributed by atoms with Gasteiger partial charge < -0.3 is 19.9 Å². The Morgan fingerprint density at radius 3 is 2.96 bits per heavy atom.